The number of benzene rings is 2. The summed E-state index contributed by atoms with van der Waals surface area (Å²) >= 11 is 0. The van der Waals surface area contributed by atoms with Gasteiger partial charge in [0.15, 0.2) is 6.61 Å². The van der Waals surface area contributed by atoms with Crippen LogP contribution in [0.2, 0.25) is 0 Å². The van der Waals surface area contributed by atoms with Gasteiger partial charge in [-0.25, -0.2) is 0 Å². The number of rotatable bonds is 4. The summed E-state index contributed by atoms with van der Waals surface area (Å²) in [6.07, 6.45) is 0. The molecule has 0 aromatic heterocycles. The van der Waals surface area contributed by atoms with Crippen molar-refractivity contribution in [1.82, 2.24) is 5.32 Å². The third-order valence-electron chi connectivity index (χ3n) is 3.27. The molecule has 6 nitrogen and oxygen atoms in total. The Morgan fingerprint density at radius 3 is 2.87 bits per heavy atom. The number of carbonyl (C=O) groups is 2. The van der Waals surface area contributed by atoms with Crippen LogP contribution in [0.4, 0.5) is 5.69 Å². The molecule has 6 heteroatoms. The lowest BCUT2D eigenvalue weighted by Crippen LogP contribution is -2.24. The smallest absolute Gasteiger partial charge is 0.262 e. The number of ether oxygens (including phenoxy) is 2. The molecule has 0 bridgehead atoms. The van der Waals surface area contributed by atoms with Crippen LogP contribution in [-0.4, -0.2) is 31.6 Å². The van der Waals surface area contributed by atoms with E-state index < -0.39 is 0 Å². The maximum Gasteiger partial charge on any atom is 0.262 e. The van der Waals surface area contributed by atoms with Gasteiger partial charge in [-0.15, -0.1) is 0 Å². The topological polar surface area (TPSA) is 76.7 Å². The van der Waals surface area contributed by atoms with Crippen molar-refractivity contribution < 1.29 is 19.1 Å². The van der Waals surface area contributed by atoms with Gasteiger partial charge in [-0.3, -0.25) is 9.59 Å². The highest BCUT2D eigenvalue weighted by Crippen LogP contribution is 2.24. The molecule has 23 heavy (non-hydrogen) atoms. The lowest BCUT2D eigenvalue weighted by molar-refractivity contribution is -0.118. The summed E-state index contributed by atoms with van der Waals surface area (Å²) in [5.74, 6) is 0.619. The van der Waals surface area contributed by atoms with E-state index in [0.29, 0.717) is 35.9 Å². The van der Waals surface area contributed by atoms with Crippen LogP contribution in [0, 0.1) is 0 Å². The van der Waals surface area contributed by atoms with Gasteiger partial charge in [0.25, 0.3) is 11.8 Å². The summed E-state index contributed by atoms with van der Waals surface area (Å²) in [5, 5.41) is 5.43. The molecular weight excluding hydrogens is 296 g/mol. The fraction of sp³-hybridized carbons (Fsp3) is 0.176. The quantitative estimate of drug-likeness (QED) is 0.903. The number of amides is 2. The molecule has 1 aliphatic rings. The minimum absolute atomic E-state index is 0.107. The van der Waals surface area contributed by atoms with Crippen LogP contribution in [0.15, 0.2) is 48.5 Å². The molecule has 0 aliphatic carbocycles. The van der Waals surface area contributed by atoms with Crippen molar-refractivity contribution >= 4 is 17.5 Å². The Bertz CT molecular complexity index is 716. The van der Waals surface area contributed by atoms with Crippen molar-refractivity contribution in [2.75, 3.05) is 25.1 Å². The number of hydrogen-bond acceptors (Lipinski definition) is 4. The molecule has 2 N–H and O–H groups in total. The molecule has 2 aromatic carbocycles. The van der Waals surface area contributed by atoms with Gasteiger partial charge in [0.1, 0.15) is 18.1 Å². The number of nitrogens with one attached hydrogen (secondary N) is 2. The average Bonchev–Trinajstić information content (AvgIpc) is 2.76. The first-order chi connectivity index (χ1) is 11.2. The Morgan fingerprint density at radius 1 is 1.22 bits per heavy atom. The second-order valence-electron chi connectivity index (χ2n) is 4.97. The van der Waals surface area contributed by atoms with Crippen molar-refractivity contribution in [3.63, 3.8) is 0 Å². The molecule has 0 spiro atoms. The number of anilines is 1. The minimum atomic E-state index is -0.302. The Kier molecular flexibility index (Phi) is 4.42. The normalized spacial score (nSPS) is 13.1. The van der Waals surface area contributed by atoms with Crippen LogP contribution < -0.4 is 20.1 Å². The van der Waals surface area contributed by atoms with Gasteiger partial charge in [-0.2, -0.15) is 0 Å². The first kappa shape index (κ1) is 14.9. The summed E-state index contributed by atoms with van der Waals surface area (Å²) < 4.78 is 10.8. The van der Waals surface area contributed by atoms with Crippen LogP contribution in [0.1, 0.15) is 10.4 Å². The minimum Gasteiger partial charge on any atom is -0.491 e. The zero-order valence-electron chi connectivity index (χ0n) is 12.4. The van der Waals surface area contributed by atoms with Crippen molar-refractivity contribution in [1.29, 1.82) is 0 Å². The summed E-state index contributed by atoms with van der Waals surface area (Å²) in [7, 11) is 0. The molecule has 2 aromatic rings. The molecule has 0 radical (unpaired) electrons. The number of para-hydroxylation sites is 1. The molecule has 118 valence electrons. The number of hydrogen-bond donors (Lipinski definition) is 2. The largest absolute Gasteiger partial charge is 0.491 e. The predicted octanol–water partition coefficient (Wildman–Crippen LogP) is 1.83. The van der Waals surface area contributed by atoms with Gasteiger partial charge in [0.2, 0.25) is 0 Å². The zero-order valence-corrected chi connectivity index (χ0v) is 12.4. The fourth-order valence-corrected chi connectivity index (χ4v) is 2.19. The van der Waals surface area contributed by atoms with E-state index in [2.05, 4.69) is 10.6 Å². The SMILES string of the molecule is O=C(COc1ccccc1)Nc1ccc2c(c1)C(=O)NCCO2. The summed E-state index contributed by atoms with van der Waals surface area (Å²) in [6.45, 7) is 0.777. The predicted molar refractivity (Wildman–Crippen MR) is 84.8 cm³/mol. The first-order valence-electron chi connectivity index (χ1n) is 7.25. The van der Waals surface area contributed by atoms with Gasteiger partial charge < -0.3 is 20.1 Å². The first-order valence-corrected chi connectivity index (χ1v) is 7.25. The van der Waals surface area contributed by atoms with Crippen molar-refractivity contribution in [2.24, 2.45) is 0 Å². The van der Waals surface area contributed by atoms with Crippen molar-refractivity contribution in [3.8, 4) is 11.5 Å². The van der Waals surface area contributed by atoms with Gasteiger partial charge in [-0.1, -0.05) is 18.2 Å². The van der Waals surface area contributed by atoms with Gasteiger partial charge in [-0.05, 0) is 30.3 Å². The molecule has 3 rings (SSSR count). The van der Waals surface area contributed by atoms with Crippen LogP contribution in [-0.2, 0) is 4.79 Å². The lowest BCUT2D eigenvalue weighted by atomic mass is 10.1. The van der Waals surface area contributed by atoms with Crippen LogP contribution in [0.3, 0.4) is 0 Å². The number of fused-ring (bicyclic) bond motifs is 1. The third kappa shape index (κ3) is 3.79. The van der Waals surface area contributed by atoms with Crippen LogP contribution in [0.25, 0.3) is 0 Å². The highest BCUT2D eigenvalue weighted by atomic mass is 16.5. The highest BCUT2D eigenvalue weighted by molar-refractivity contribution is 5.99. The van der Waals surface area contributed by atoms with E-state index >= 15 is 0 Å². The number of carbonyl (C=O) groups excluding carboxylic acids is 2. The van der Waals surface area contributed by atoms with E-state index in [4.69, 9.17) is 9.47 Å². The van der Waals surface area contributed by atoms with E-state index in [9.17, 15) is 9.59 Å². The van der Waals surface area contributed by atoms with Gasteiger partial charge >= 0.3 is 0 Å². The summed E-state index contributed by atoms with van der Waals surface area (Å²) in [5.41, 5.74) is 0.926. The molecule has 1 aliphatic heterocycles. The maximum absolute atomic E-state index is 11.9. The second-order valence-corrected chi connectivity index (χ2v) is 4.97. The molecular formula is C17H16N2O4. The Morgan fingerprint density at radius 2 is 2.04 bits per heavy atom. The third-order valence-corrected chi connectivity index (χ3v) is 3.27. The fourth-order valence-electron chi connectivity index (χ4n) is 2.19. The van der Waals surface area contributed by atoms with Gasteiger partial charge in [0.05, 0.1) is 12.1 Å². The molecule has 2 amide bonds. The summed E-state index contributed by atoms with van der Waals surface area (Å²) in [6, 6.07) is 14.0. The van der Waals surface area contributed by atoms with E-state index in [1.807, 2.05) is 18.2 Å². The van der Waals surface area contributed by atoms with E-state index in [0.717, 1.165) is 0 Å². The maximum atomic E-state index is 11.9. The van der Waals surface area contributed by atoms with Crippen LogP contribution >= 0.6 is 0 Å². The Labute approximate surface area is 133 Å². The molecule has 0 fully saturated rings. The molecule has 0 saturated heterocycles. The summed E-state index contributed by atoms with van der Waals surface area (Å²) in [4.78, 5) is 23.9. The molecule has 1 heterocycles. The molecule has 0 unspecified atom stereocenters. The van der Waals surface area contributed by atoms with Crippen molar-refractivity contribution in [3.05, 3.63) is 54.1 Å². The van der Waals surface area contributed by atoms with E-state index in [1.165, 1.54) is 0 Å². The highest BCUT2D eigenvalue weighted by Gasteiger charge is 2.17. The zero-order chi connectivity index (χ0) is 16.1. The standard InChI is InChI=1S/C17H16N2O4/c20-16(11-23-13-4-2-1-3-5-13)19-12-6-7-15-14(10-12)17(21)18-8-9-22-15/h1-7,10H,8-9,11H2,(H,18,21)(H,19,20). The average molecular weight is 312 g/mol. The van der Waals surface area contributed by atoms with Crippen LogP contribution in [0.5, 0.6) is 11.5 Å². The van der Waals surface area contributed by atoms with E-state index in [-0.39, 0.29) is 18.4 Å². The Balaban J connectivity index is 1.63. The molecule has 0 atom stereocenters. The monoisotopic (exact) mass is 312 g/mol. The van der Waals surface area contributed by atoms with E-state index in [1.54, 1.807) is 30.3 Å². The molecule has 0 saturated carbocycles. The Hall–Kier alpha value is -3.02. The van der Waals surface area contributed by atoms with Crippen molar-refractivity contribution in [2.45, 2.75) is 0 Å². The van der Waals surface area contributed by atoms with Gasteiger partial charge in [0, 0.05) is 5.69 Å². The second kappa shape index (κ2) is 6.83. The lowest BCUT2D eigenvalue weighted by Gasteiger charge is -2.10.